The van der Waals surface area contributed by atoms with Crippen molar-refractivity contribution in [3.63, 3.8) is 0 Å². The van der Waals surface area contributed by atoms with Crippen LogP contribution in [0.25, 0.3) is 16.9 Å². The van der Waals surface area contributed by atoms with Crippen molar-refractivity contribution >= 4 is 5.65 Å². The van der Waals surface area contributed by atoms with Gasteiger partial charge in [-0.25, -0.2) is 9.37 Å². The molecular weight excluding hydrogens is 227 g/mol. The van der Waals surface area contributed by atoms with E-state index in [1.807, 2.05) is 19.1 Å². The SMILES string of the molecule is Cc1ccc2nc(-c3ccc(F)cc3)c(C)n2c1. The van der Waals surface area contributed by atoms with Crippen LogP contribution >= 0.6 is 0 Å². The molecule has 0 aliphatic heterocycles. The summed E-state index contributed by atoms with van der Waals surface area (Å²) in [6.07, 6.45) is 2.06. The van der Waals surface area contributed by atoms with E-state index in [-0.39, 0.29) is 5.82 Å². The van der Waals surface area contributed by atoms with E-state index in [1.165, 1.54) is 17.7 Å². The Balaban J connectivity index is 2.23. The van der Waals surface area contributed by atoms with Crippen molar-refractivity contribution in [2.75, 3.05) is 0 Å². The second-order valence-corrected chi connectivity index (χ2v) is 4.49. The van der Waals surface area contributed by atoms with E-state index < -0.39 is 0 Å². The number of rotatable bonds is 1. The average Bonchev–Trinajstić information content (AvgIpc) is 2.68. The molecule has 0 radical (unpaired) electrons. The number of fused-ring (bicyclic) bond motifs is 1. The predicted octanol–water partition coefficient (Wildman–Crippen LogP) is 3.76. The Hall–Kier alpha value is -2.16. The molecule has 0 fully saturated rings. The van der Waals surface area contributed by atoms with Crippen molar-refractivity contribution in [1.29, 1.82) is 0 Å². The quantitative estimate of drug-likeness (QED) is 0.633. The second kappa shape index (κ2) is 3.95. The van der Waals surface area contributed by atoms with Gasteiger partial charge in [-0.3, -0.25) is 0 Å². The molecule has 0 aliphatic rings. The van der Waals surface area contributed by atoms with Crippen LogP contribution < -0.4 is 0 Å². The summed E-state index contributed by atoms with van der Waals surface area (Å²) in [6.45, 7) is 4.08. The molecule has 0 saturated carbocycles. The Morgan fingerprint density at radius 1 is 1.00 bits per heavy atom. The van der Waals surface area contributed by atoms with E-state index in [1.54, 1.807) is 12.1 Å². The number of hydrogen-bond acceptors (Lipinski definition) is 1. The number of halogens is 1. The third-order valence-electron chi connectivity index (χ3n) is 3.12. The van der Waals surface area contributed by atoms with Crippen molar-refractivity contribution in [1.82, 2.24) is 9.38 Å². The molecule has 2 heterocycles. The standard InChI is InChI=1S/C15H13FN2/c1-10-3-8-14-17-15(11(2)18(14)9-10)12-4-6-13(16)7-5-12/h3-9H,1-2H3. The maximum atomic E-state index is 12.9. The van der Waals surface area contributed by atoms with E-state index in [0.29, 0.717) is 0 Å². The number of hydrogen-bond donors (Lipinski definition) is 0. The molecule has 0 aliphatic carbocycles. The molecular formula is C15H13FN2. The lowest BCUT2D eigenvalue weighted by molar-refractivity contribution is 0.628. The average molecular weight is 240 g/mol. The third-order valence-corrected chi connectivity index (χ3v) is 3.12. The lowest BCUT2D eigenvalue weighted by Gasteiger charge is -2.00. The summed E-state index contributed by atoms with van der Waals surface area (Å²) in [7, 11) is 0. The molecule has 18 heavy (non-hydrogen) atoms. The number of aromatic nitrogens is 2. The van der Waals surface area contributed by atoms with E-state index >= 15 is 0 Å². The van der Waals surface area contributed by atoms with Crippen LogP contribution in [0, 0.1) is 19.7 Å². The first-order valence-corrected chi connectivity index (χ1v) is 5.86. The van der Waals surface area contributed by atoms with Gasteiger partial charge in [0.15, 0.2) is 0 Å². The molecule has 0 amide bonds. The van der Waals surface area contributed by atoms with E-state index in [2.05, 4.69) is 22.5 Å². The van der Waals surface area contributed by atoms with Crippen LogP contribution in [0.5, 0.6) is 0 Å². The van der Waals surface area contributed by atoms with Crippen LogP contribution in [0.2, 0.25) is 0 Å². The van der Waals surface area contributed by atoms with Gasteiger partial charge in [-0.05, 0) is 49.7 Å². The zero-order chi connectivity index (χ0) is 12.7. The second-order valence-electron chi connectivity index (χ2n) is 4.49. The van der Waals surface area contributed by atoms with Gasteiger partial charge in [0.2, 0.25) is 0 Å². The molecule has 0 N–H and O–H groups in total. The van der Waals surface area contributed by atoms with Gasteiger partial charge in [-0.2, -0.15) is 0 Å². The zero-order valence-electron chi connectivity index (χ0n) is 10.3. The topological polar surface area (TPSA) is 17.3 Å². The van der Waals surface area contributed by atoms with E-state index in [4.69, 9.17) is 0 Å². The molecule has 3 heteroatoms. The molecule has 90 valence electrons. The maximum absolute atomic E-state index is 12.9. The number of nitrogens with zero attached hydrogens (tertiary/aromatic N) is 2. The highest BCUT2D eigenvalue weighted by atomic mass is 19.1. The molecule has 0 bridgehead atoms. The Morgan fingerprint density at radius 3 is 2.44 bits per heavy atom. The highest BCUT2D eigenvalue weighted by Crippen LogP contribution is 2.24. The van der Waals surface area contributed by atoms with Crippen LogP contribution in [0.4, 0.5) is 4.39 Å². The van der Waals surface area contributed by atoms with E-state index in [0.717, 1.165) is 22.6 Å². The molecule has 0 atom stereocenters. The number of imidazole rings is 1. The predicted molar refractivity (Wildman–Crippen MR) is 70.1 cm³/mol. The fourth-order valence-electron chi connectivity index (χ4n) is 2.15. The Morgan fingerprint density at radius 2 is 1.72 bits per heavy atom. The summed E-state index contributed by atoms with van der Waals surface area (Å²) in [5.41, 5.74) is 5.02. The van der Waals surface area contributed by atoms with Crippen molar-refractivity contribution in [2.45, 2.75) is 13.8 Å². The van der Waals surface area contributed by atoms with Gasteiger partial charge in [0.1, 0.15) is 11.5 Å². The van der Waals surface area contributed by atoms with Crippen LogP contribution in [0.15, 0.2) is 42.6 Å². The molecule has 0 spiro atoms. The van der Waals surface area contributed by atoms with E-state index in [9.17, 15) is 4.39 Å². The number of benzene rings is 1. The molecule has 0 saturated heterocycles. The van der Waals surface area contributed by atoms with Crippen LogP contribution in [0.3, 0.4) is 0 Å². The monoisotopic (exact) mass is 240 g/mol. The largest absolute Gasteiger partial charge is 0.303 e. The number of aryl methyl sites for hydroxylation is 2. The van der Waals surface area contributed by atoms with Gasteiger partial charge in [-0.15, -0.1) is 0 Å². The summed E-state index contributed by atoms with van der Waals surface area (Å²) in [4.78, 5) is 4.59. The summed E-state index contributed by atoms with van der Waals surface area (Å²) in [5.74, 6) is -0.226. The first kappa shape index (κ1) is 11.0. The van der Waals surface area contributed by atoms with Crippen LogP contribution in [-0.2, 0) is 0 Å². The van der Waals surface area contributed by atoms with Gasteiger partial charge in [0.25, 0.3) is 0 Å². The minimum Gasteiger partial charge on any atom is -0.303 e. The zero-order valence-corrected chi connectivity index (χ0v) is 10.3. The van der Waals surface area contributed by atoms with Crippen molar-refractivity contribution in [2.24, 2.45) is 0 Å². The number of pyridine rings is 1. The van der Waals surface area contributed by atoms with Crippen molar-refractivity contribution in [3.05, 3.63) is 59.7 Å². The highest BCUT2D eigenvalue weighted by molar-refractivity contribution is 5.66. The minimum absolute atomic E-state index is 0.226. The maximum Gasteiger partial charge on any atom is 0.137 e. The smallest absolute Gasteiger partial charge is 0.137 e. The molecule has 0 unspecified atom stereocenters. The fourth-order valence-corrected chi connectivity index (χ4v) is 2.15. The lowest BCUT2D eigenvalue weighted by atomic mass is 10.1. The molecule has 2 aromatic heterocycles. The lowest BCUT2D eigenvalue weighted by Crippen LogP contribution is -1.88. The molecule has 3 rings (SSSR count). The van der Waals surface area contributed by atoms with Gasteiger partial charge in [0.05, 0.1) is 5.69 Å². The molecule has 3 aromatic rings. The van der Waals surface area contributed by atoms with Crippen molar-refractivity contribution < 1.29 is 4.39 Å². The molecule has 1 aromatic carbocycles. The van der Waals surface area contributed by atoms with Gasteiger partial charge in [0, 0.05) is 17.5 Å². The fraction of sp³-hybridized carbons (Fsp3) is 0.133. The van der Waals surface area contributed by atoms with Gasteiger partial charge in [-0.1, -0.05) is 6.07 Å². The Labute approximate surface area is 105 Å². The van der Waals surface area contributed by atoms with Gasteiger partial charge >= 0.3 is 0 Å². The summed E-state index contributed by atoms with van der Waals surface area (Å²) >= 11 is 0. The minimum atomic E-state index is -0.226. The Bertz CT molecular complexity index is 711. The van der Waals surface area contributed by atoms with Crippen LogP contribution in [-0.4, -0.2) is 9.38 Å². The third kappa shape index (κ3) is 1.68. The van der Waals surface area contributed by atoms with Crippen molar-refractivity contribution in [3.8, 4) is 11.3 Å². The summed E-state index contributed by atoms with van der Waals surface area (Å²) in [6, 6.07) is 10.5. The first-order valence-electron chi connectivity index (χ1n) is 5.86. The van der Waals surface area contributed by atoms with Crippen LogP contribution in [0.1, 0.15) is 11.3 Å². The summed E-state index contributed by atoms with van der Waals surface area (Å²) in [5, 5.41) is 0. The Kier molecular flexibility index (Phi) is 2.40. The highest BCUT2D eigenvalue weighted by Gasteiger charge is 2.10. The summed E-state index contributed by atoms with van der Waals surface area (Å²) < 4.78 is 15.0. The normalized spacial score (nSPS) is 11.1. The first-order chi connectivity index (χ1) is 8.65. The molecule has 2 nitrogen and oxygen atoms in total. The van der Waals surface area contributed by atoms with Gasteiger partial charge < -0.3 is 4.40 Å².